The Bertz CT molecular complexity index is 424. The van der Waals surface area contributed by atoms with Gasteiger partial charge in [0.15, 0.2) is 5.13 Å². The molecule has 1 aromatic rings. The number of aryl methyl sites for hydroxylation is 1. The number of hydrogen-bond acceptors (Lipinski definition) is 4. The summed E-state index contributed by atoms with van der Waals surface area (Å²) in [4.78, 5) is 8.67. The molecule has 2 heterocycles. The zero-order chi connectivity index (χ0) is 12.0. The summed E-state index contributed by atoms with van der Waals surface area (Å²) in [6.45, 7) is 6.96. The summed E-state index contributed by atoms with van der Waals surface area (Å²) in [6.07, 6.45) is 4.77. The van der Waals surface area contributed by atoms with Crippen molar-refractivity contribution in [3.63, 3.8) is 0 Å². The van der Waals surface area contributed by atoms with Crippen LogP contribution in [-0.4, -0.2) is 18.1 Å². The minimum absolute atomic E-state index is 0.180. The van der Waals surface area contributed by atoms with E-state index in [2.05, 4.69) is 18.7 Å². The lowest BCUT2D eigenvalue weighted by molar-refractivity contribution is 0.418. The summed E-state index contributed by atoms with van der Waals surface area (Å²) >= 11 is 1.87. The van der Waals surface area contributed by atoms with Gasteiger partial charge in [-0.05, 0) is 31.1 Å². The highest BCUT2D eigenvalue weighted by atomic mass is 32.1. The van der Waals surface area contributed by atoms with Gasteiger partial charge in [-0.3, -0.25) is 0 Å². The Labute approximate surface area is 107 Å². The van der Waals surface area contributed by atoms with Crippen molar-refractivity contribution >= 4 is 16.5 Å². The Morgan fingerprint density at radius 3 is 2.94 bits per heavy atom. The highest BCUT2D eigenvalue weighted by Crippen LogP contribution is 2.39. The molecule has 1 atom stereocenters. The largest absolute Gasteiger partial charge is 0.348 e. The van der Waals surface area contributed by atoms with Crippen molar-refractivity contribution < 1.29 is 0 Å². The molecule has 0 spiro atoms. The van der Waals surface area contributed by atoms with E-state index in [1.807, 2.05) is 11.3 Å². The van der Waals surface area contributed by atoms with Crippen molar-refractivity contribution in [3.8, 4) is 0 Å². The number of thiazole rings is 1. The third-order valence-electron chi connectivity index (χ3n) is 3.93. The van der Waals surface area contributed by atoms with Crippen LogP contribution in [0.3, 0.4) is 0 Å². The number of aromatic nitrogens is 1. The Hall–Kier alpha value is -0.610. The van der Waals surface area contributed by atoms with E-state index < -0.39 is 0 Å². The van der Waals surface area contributed by atoms with Crippen LogP contribution in [0.15, 0.2) is 0 Å². The van der Waals surface area contributed by atoms with Gasteiger partial charge in [0, 0.05) is 24.0 Å². The molecule has 0 bridgehead atoms. The maximum absolute atomic E-state index is 6.14. The number of hydrogen-bond donors (Lipinski definition) is 1. The lowest BCUT2D eigenvalue weighted by Crippen LogP contribution is -2.22. The fourth-order valence-electron chi connectivity index (χ4n) is 2.85. The van der Waals surface area contributed by atoms with Crippen LogP contribution in [0.4, 0.5) is 5.13 Å². The number of fused-ring (bicyclic) bond motifs is 1. The summed E-state index contributed by atoms with van der Waals surface area (Å²) in [6, 6.07) is 0.180. The van der Waals surface area contributed by atoms with Crippen molar-refractivity contribution in [1.29, 1.82) is 0 Å². The van der Waals surface area contributed by atoms with Gasteiger partial charge in [-0.1, -0.05) is 13.8 Å². The predicted molar refractivity (Wildman–Crippen MR) is 72.6 cm³/mol. The van der Waals surface area contributed by atoms with Crippen LogP contribution in [0, 0.1) is 5.41 Å². The van der Waals surface area contributed by atoms with Gasteiger partial charge in [-0.15, -0.1) is 11.3 Å². The smallest absolute Gasteiger partial charge is 0.185 e. The van der Waals surface area contributed by atoms with Gasteiger partial charge in [-0.2, -0.15) is 0 Å². The van der Waals surface area contributed by atoms with E-state index in [1.54, 1.807) is 0 Å². The van der Waals surface area contributed by atoms with Gasteiger partial charge in [0.2, 0.25) is 0 Å². The Balaban J connectivity index is 1.85. The molecule has 3 rings (SSSR count). The molecular weight excluding hydrogens is 230 g/mol. The van der Waals surface area contributed by atoms with Gasteiger partial charge in [0.1, 0.15) is 0 Å². The molecule has 1 aliphatic carbocycles. The Morgan fingerprint density at radius 2 is 2.29 bits per heavy atom. The lowest BCUT2D eigenvalue weighted by Gasteiger charge is -2.18. The summed E-state index contributed by atoms with van der Waals surface area (Å²) in [5, 5.41) is 1.21. The summed E-state index contributed by atoms with van der Waals surface area (Å²) < 4.78 is 0. The van der Waals surface area contributed by atoms with Crippen LogP contribution in [0.2, 0.25) is 0 Å². The third kappa shape index (κ3) is 2.08. The van der Waals surface area contributed by atoms with E-state index >= 15 is 0 Å². The first-order chi connectivity index (χ1) is 8.05. The highest BCUT2D eigenvalue weighted by molar-refractivity contribution is 7.15. The monoisotopic (exact) mass is 251 g/mol. The molecule has 17 heavy (non-hydrogen) atoms. The zero-order valence-corrected chi connectivity index (χ0v) is 11.5. The molecule has 3 nitrogen and oxygen atoms in total. The SMILES string of the molecule is CC1(C)CCN(c2nc3c(s2)CCCC3N)C1. The summed E-state index contributed by atoms with van der Waals surface area (Å²) in [7, 11) is 0. The predicted octanol–water partition coefficient (Wildman–Crippen LogP) is 2.72. The average Bonchev–Trinajstić information content (AvgIpc) is 2.82. The molecule has 0 saturated carbocycles. The number of nitrogens with two attached hydrogens (primary N) is 1. The van der Waals surface area contributed by atoms with Crippen LogP contribution in [-0.2, 0) is 6.42 Å². The second-order valence-corrected chi connectivity index (χ2v) is 7.20. The van der Waals surface area contributed by atoms with E-state index in [1.165, 1.54) is 35.0 Å². The molecule has 1 unspecified atom stereocenters. The van der Waals surface area contributed by atoms with Crippen LogP contribution in [0.1, 0.15) is 49.7 Å². The summed E-state index contributed by atoms with van der Waals surface area (Å²) in [5.74, 6) is 0. The van der Waals surface area contributed by atoms with Crippen molar-refractivity contribution in [3.05, 3.63) is 10.6 Å². The number of nitrogens with zero attached hydrogens (tertiary/aromatic N) is 2. The topological polar surface area (TPSA) is 42.2 Å². The second-order valence-electron chi connectivity index (χ2n) is 6.14. The van der Waals surface area contributed by atoms with Crippen molar-refractivity contribution in [1.82, 2.24) is 4.98 Å². The van der Waals surface area contributed by atoms with E-state index in [4.69, 9.17) is 10.7 Å². The molecule has 1 saturated heterocycles. The van der Waals surface area contributed by atoms with Crippen molar-refractivity contribution in [2.24, 2.45) is 11.1 Å². The fourth-order valence-corrected chi connectivity index (χ4v) is 4.05. The molecule has 1 aromatic heterocycles. The minimum Gasteiger partial charge on any atom is -0.348 e. The molecular formula is C13H21N3S. The fraction of sp³-hybridized carbons (Fsp3) is 0.769. The van der Waals surface area contributed by atoms with Crippen LogP contribution in [0.25, 0.3) is 0 Å². The number of anilines is 1. The Kier molecular flexibility index (Phi) is 2.67. The minimum atomic E-state index is 0.180. The normalized spacial score (nSPS) is 27.2. The molecule has 0 radical (unpaired) electrons. The highest BCUT2D eigenvalue weighted by Gasteiger charge is 2.32. The first kappa shape index (κ1) is 11.5. The van der Waals surface area contributed by atoms with E-state index in [-0.39, 0.29) is 6.04 Å². The molecule has 1 fully saturated rings. The van der Waals surface area contributed by atoms with Crippen molar-refractivity contribution in [2.75, 3.05) is 18.0 Å². The molecule has 2 N–H and O–H groups in total. The van der Waals surface area contributed by atoms with Crippen LogP contribution in [0.5, 0.6) is 0 Å². The zero-order valence-electron chi connectivity index (χ0n) is 10.7. The van der Waals surface area contributed by atoms with Gasteiger partial charge in [-0.25, -0.2) is 4.98 Å². The van der Waals surface area contributed by atoms with Gasteiger partial charge < -0.3 is 10.6 Å². The molecule has 2 aliphatic rings. The maximum atomic E-state index is 6.14. The van der Waals surface area contributed by atoms with Crippen LogP contribution < -0.4 is 10.6 Å². The average molecular weight is 251 g/mol. The van der Waals surface area contributed by atoms with Gasteiger partial charge >= 0.3 is 0 Å². The van der Waals surface area contributed by atoms with E-state index in [9.17, 15) is 0 Å². The van der Waals surface area contributed by atoms with Crippen molar-refractivity contribution in [2.45, 2.75) is 45.6 Å². The van der Waals surface area contributed by atoms with E-state index in [0.29, 0.717) is 5.41 Å². The lowest BCUT2D eigenvalue weighted by atomic mass is 9.93. The first-order valence-electron chi connectivity index (χ1n) is 6.55. The van der Waals surface area contributed by atoms with E-state index in [0.717, 1.165) is 19.5 Å². The molecule has 94 valence electrons. The quantitative estimate of drug-likeness (QED) is 0.834. The number of rotatable bonds is 1. The first-order valence-corrected chi connectivity index (χ1v) is 7.37. The van der Waals surface area contributed by atoms with Gasteiger partial charge in [0.05, 0.1) is 5.69 Å². The molecule has 0 aromatic carbocycles. The Morgan fingerprint density at radius 1 is 1.47 bits per heavy atom. The van der Waals surface area contributed by atoms with Gasteiger partial charge in [0.25, 0.3) is 0 Å². The third-order valence-corrected chi connectivity index (χ3v) is 5.13. The molecule has 1 aliphatic heterocycles. The molecule has 4 heteroatoms. The molecule has 0 amide bonds. The van der Waals surface area contributed by atoms with Crippen LogP contribution >= 0.6 is 11.3 Å². The standard InChI is InChI=1S/C13H21N3S/c1-13(2)6-7-16(8-13)12-15-11-9(14)4-3-5-10(11)17-12/h9H,3-8,14H2,1-2H3. The summed E-state index contributed by atoms with van der Waals surface area (Å²) in [5.41, 5.74) is 7.76. The maximum Gasteiger partial charge on any atom is 0.185 e. The second kappa shape index (κ2) is 3.95.